The fraction of sp³-hybridized carbons (Fsp3) is 1.00. The first-order valence-corrected chi connectivity index (χ1v) is 25.0. The summed E-state index contributed by atoms with van der Waals surface area (Å²) >= 11 is 0. The SMILES string of the molecule is C[N+](C)(C)CCOP(=O)([O-])OC(COCCCCCCCCCCCC(F)(F)C(F)(F)C(F)(F)C(F)(F)C(F)(F)C(F)(F)F)COCCCCCCCCCCCC(F)(F)C(F)(F)C(F)(F)C(F)(F)C(F)(F)C(F)(F)F. The van der Waals surface area contributed by atoms with Gasteiger partial charge in [0.25, 0.3) is 7.82 Å². The Morgan fingerprint density at radius 3 is 0.882 bits per heavy atom. The first kappa shape index (κ1) is 74.2. The van der Waals surface area contributed by atoms with E-state index in [4.69, 9.17) is 18.5 Å². The molecule has 0 rings (SSSR count). The predicted molar refractivity (Wildman–Crippen MR) is 217 cm³/mol. The zero-order valence-electron chi connectivity index (χ0n) is 41.1. The highest BCUT2D eigenvalue weighted by molar-refractivity contribution is 7.45. The van der Waals surface area contributed by atoms with Crippen molar-refractivity contribution < 1.29 is 147 Å². The largest absolute Gasteiger partial charge is 0.756 e. The highest BCUT2D eigenvalue weighted by Crippen LogP contribution is 2.62. The lowest BCUT2D eigenvalue weighted by Crippen LogP contribution is -2.70. The van der Waals surface area contributed by atoms with Gasteiger partial charge in [-0.2, -0.15) is 114 Å². The summed E-state index contributed by atoms with van der Waals surface area (Å²) in [6.45, 7) is -0.365. The Morgan fingerprint density at radius 1 is 0.368 bits per heavy atom. The molecule has 0 aromatic carbocycles. The summed E-state index contributed by atoms with van der Waals surface area (Å²) in [4.78, 5) is 12.5. The minimum Gasteiger partial charge on any atom is -0.756 e. The molecule has 458 valence electrons. The molecular formula is C42H62F26NO6P. The van der Waals surface area contributed by atoms with E-state index in [0.29, 0.717) is 68.7 Å². The van der Waals surface area contributed by atoms with Crippen LogP contribution in [-0.4, -0.2) is 143 Å². The molecule has 0 aliphatic heterocycles. The second kappa shape index (κ2) is 28.7. The molecule has 0 aliphatic rings. The van der Waals surface area contributed by atoms with Gasteiger partial charge >= 0.3 is 71.6 Å². The summed E-state index contributed by atoms with van der Waals surface area (Å²) in [5.74, 6) is -73.9. The Morgan fingerprint density at radius 2 is 0.618 bits per heavy atom. The standard InChI is InChI=1S/C42H62F26NO6P/c1-69(2,3)24-27-74-76(70,71)75-30(28-72-25-20-16-12-8-4-6-10-14-18-22-31(43,44)33(47,48)35(51,52)37(55,56)39(59,60)41(63,64)65)29-73-26-21-17-13-9-5-7-11-15-19-23-32(45,46)34(49,50)36(53,54)38(57,58)40(61,62)42(66,67)68/h30H,4-29H2,1-3H3. The van der Waals surface area contributed by atoms with Crippen molar-refractivity contribution >= 4 is 7.82 Å². The lowest BCUT2D eigenvalue weighted by Gasteiger charge is -2.39. The normalized spacial score (nSPS) is 15.8. The number of hydrogen-bond acceptors (Lipinski definition) is 6. The number of likely N-dealkylation sites (N-methyl/N-ethyl adjacent to an activating group) is 1. The molecule has 1 atom stereocenters. The molecule has 7 nitrogen and oxygen atoms in total. The zero-order chi connectivity index (χ0) is 59.8. The van der Waals surface area contributed by atoms with Crippen LogP contribution in [0.2, 0.25) is 0 Å². The van der Waals surface area contributed by atoms with Gasteiger partial charge in [0.1, 0.15) is 19.3 Å². The van der Waals surface area contributed by atoms with Gasteiger partial charge in [-0.25, -0.2) is 0 Å². The average molecular weight is 1200 g/mol. The zero-order valence-corrected chi connectivity index (χ0v) is 42.0. The van der Waals surface area contributed by atoms with Crippen molar-refractivity contribution in [1.82, 2.24) is 0 Å². The van der Waals surface area contributed by atoms with Crippen LogP contribution >= 0.6 is 7.82 Å². The Balaban J connectivity index is 4.74. The molecule has 0 radical (unpaired) electrons. The number of rotatable bonds is 42. The first-order valence-electron chi connectivity index (χ1n) is 23.5. The molecule has 0 heterocycles. The van der Waals surface area contributed by atoms with Crippen molar-refractivity contribution in [3.63, 3.8) is 0 Å². The van der Waals surface area contributed by atoms with E-state index >= 15 is 0 Å². The maximum Gasteiger partial charge on any atom is 0.460 e. The van der Waals surface area contributed by atoms with Gasteiger partial charge in [-0.05, 0) is 25.7 Å². The van der Waals surface area contributed by atoms with E-state index < -0.39 is 111 Å². The van der Waals surface area contributed by atoms with Crippen molar-refractivity contribution in [2.75, 3.05) is 60.7 Å². The molecule has 34 heteroatoms. The number of nitrogens with zero attached hydrogens (tertiary/aromatic N) is 1. The van der Waals surface area contributed by atoms with Crippen molar-refractivity contribution in [3.8, 4) is 0 Å². The topological polar surface area (TPSA) is 77.1 Å². The number of alkyl halides is 26. The van der Waals surface area contributed by atoms with Crippen LogP contribution in [0.3, 0.4) is 0 Å². The molecule has 0 saturated heterocycles. The van der Waals surface area contributed by atoms with Crippen LogP contribution in [0.15, 0.2) is 0 Å². The fourth-order valence-corrected chi connectivity index (χ4v) is 7.53. The molecule has 0 aromatic heterocycles. The number of hydrogen-bond donors (Lipinski definition) is 0. The fourth-order valence-electron chi connectivity index (χ4n) is 6.67. The lowest BCUT2D eigenvalue weighted by molar-refractivity contribution is -0.870. The quantitative estimate of drug-likeness (QED) is 0.0262. The molecule has 76 heavy (non-hydrogen) atoms. The van der Waals surface area contributed by atoms with Crippen LogP contribution in [0.25, 0.3) is 0 Å². The summed E-state index contributed by atoms with van der Waals surface area (Å²) in [6.07, 6.45) is -17.8. The van der Waals surface area contributed by atoms with Crippen LogP contribution in [0, 0.1) is 0 Å². The van der Waals surface area contributed by atoms with Gasteiger partial charge in [-0.15, -0.1) is 0 Å². The van der Waals surface area contributed by atoms with E-state index in [-0.39, 0.29) is 78.1 Å². The maximum atomic E-state index is 14.0. The number of quaternary nitrogens is 1. The number of phosphoric acid groups is 1. The van der Waals surface area contributed by atoms with Gasteiger partial charge < -0.3 is 27.9 Å². The Kier molecular flexibility index (Phi) is 28.0. The van der Waals surface area contributed by atoms with Crippen LogP contribution in [-0.2, 0) is 23.1 Å². The van der Waals surface area contributed by atoms with Crippen LogP contribution in [0.5, 0.6) is 0 Å². The molecule has 0 bridgehead atoms. The maximum absolute atomic E-state index is 14.0. The van der Waals surface area contributed by atoms with E-state index in [1.165, 1.54) is 0 Å². The van der Waals surface area contributed by atoms with Gasteiger partial charge in [0.2, 0.25) is 0 Å². The molecule has 0 spiro atoms. The highest BCUT2D eigenvalue weighted by atomic mass is 31.2. The number of ether oxygens (including phenoxy) is 2. The number of phosphoric ester groups is 1. The summed E-state index contributed by atoms with van der Waals surface area (Å²) in [5, 5.41) is 0. The van der Waals surface area contributed by atoms with Crippen LogP contribution in [0.1, 0.15) is 128 Å². The summed E-state index contributed by atoms with van der Waals surface area (Å²) < 4.78 is 379. The lowest BCUT2D eigenvalue weighted by atomic mass is 9.91. The van der Waals surface area contributed by atoms with E-state index in [2.05, 4.69) is 0 Å². The molecule has 0 aliphatic carbocycles. The Bertz CT molecular complexity index is 1610. The van der Waals surface area contributed by atoms with Gasteiger partial charge in [0.05, 0.1) is 34.4 Å². The molecule has 0 fully saturated rings. The van der Waals surface area contributed by atoms with E-state index in [0.717, 1.165) is 0 Å². The van der Waals surface area contributed by atoms with Crippen LogP contribution in [0.4, 0.5) is 114 Å². The van der Waals surface area contributed by atoms with E-state index in [9.17, 15) is 124 Å². The van der Waals surface area contributed by atoms with Gasteiger partial charge in [-0.3, -0.25) is 4.57 Å². The Labute approximate surface area is 421 Å². The van der Waals surface area contributed by atoms with Gasteiger partial charge in [-0.1, -0.05) is 89.9 Å². The number of unbranched alkanes of at least 4 members (excludes halogenated alkanes) is 16. The Hall–Kier alpha value is -1.83. The van der Waals surface area contributed by atoms with Gasteiger partial charge in [0.15, 0.2) is 0 Å². The smallest absolute Gasteiger partial charge is 0.460 e. The van der Waals surface area contributed by atoms with Crippen LogP contribution < -0.4 is 4.89 Å². The second-order valence-corrected chi connectivity index (χ2v) is 20.4. The molecule has 0 saturated carbocycles. The highest BCUT2D eigenvalue weighted by Gasteiger charge is 2.92. The molecule has 0 aromatic rings. The third-order valence-electron chi connectivity index (χ3n) is 11.5. The van der Waals surface area contributed by atoms with Crippen molar-refractivity contribution in [2.45, 2.75) is 206 Å². The summed E-state index contributed by atoms with van der Waals surface area (Å²) in [5.41, 5.74) is 0. The van der Waals surface area contributed by atoms with Crippen molar-refractivity contribution in [1.29, 1.82) is 0 Å². The molecule has 0 amide bonds. The number of halogens is 26. The first-order chi connectivity index (χ1) is 34.0. The van der Waals surface area contributed by atoms with Crippen molar-refractivity contribution in [3.05, 3.63) is 0 Å². The van der Waals surface area contributed by atoms with E-state index in [1.54, 1.807) is 21.1 Å². The monoisotopic (exact) mass is 1200 g/mol. The predicted octanol–water partition coefficient (Wildman–Crippen LogP) is 15.9. The minimum atomic E-state index is -7.94. The van der Waals surface area contributed by atoms with Crippen molar-refractivity contribution in [2.24, 2.45) is 0 Å². The summed E-state index contributed by atoms with van der Waals surface area (Å²) in [7, 11) is 0.425. The third-order valence-corrected chi connectivity index (χ3v) is 12.5. The van der Waals surface area contributed by atoms with E-state index in [1.807, 2.05) is 0 Å². The third kappa shape index (κ3) is 20.0. The minimum absolute atomic E-state index is 0.0326. The van der Waals surface area contributed by atoms with Gasteiger partial charge in [0, 0.05) is 26.1 Å². The second-order valence-electron chi connectivity index (χ2n) is 19.0. The average Bonchev–Trinajstić information content (AvgIpc) is 3.24. The molecule has 1 unspecified atom stereocenters. The summed E-state index contributed by atoms with van der Waals surface area (Å²) in [6, 6.07) is 0. The molecule has 0 N–H and O–H groups in total. The molecular weight excluding hydrogens is 1140 g/mol.